The summed E-state index contributed by atoms with van der Waals surface area (Å²) in [6, 6.07) is 39.9. The van der Waals surface area contributed by atoms with E-state index in [-0.39, 0.29) is 0 Å². The number of nitrogens with zero attached hydrogens (tertiary/aromatic N) is 4. The lowest BCUT2D eigenvalue weighted by Gasteiger charge is -2.14. The first kappa shape index (κ1) is 21.7. The molecule has 0 aliphatic carbocycles. The minimum atomic E-state index is 0.381. The van der Waals surface area contributed by atoms with Gasteiger partial charge in [0.05, 0.1) is 34.9 Å². The van der Waals surface area contributed by atoms with Crippen molar-refractivity contribution in [1.29, 1.82) is 0 Å². The monoisotopic (exact) mass is 497 g/mol. The van der Waals surface area contributed by atoms with Crippen molar-refractivity contribution < 1.29 is 4.57 Å². The molecule has 2 heterocycles. The van der Waals surface area contributed by atoms with Gasteiger partial charge in [-0.05, 0) is 47.3 Å². The Bertz CT molecular complexity index is 1960. The van der Waals surface area contributed by atoms with Gasteiger partial charge in [0.25, 0.3) is 5.82 Å². The molecule has 0 aliphatic heterocycles. The fraction of sp³-hybridized carbons (Fsp3) is 0.0312. The molecule has 2 aromatic heterocycles. The highest BCUT2D eigenvalue weighted by Gasteiger charge is 2.25. The Morgan fingerprint density at radius 1 is 0.649 bits per heavy atom. The van der Waals surface area contributed by atoms with Crippen LogP contribution in [-0.2, 0) is 7.05 Å². The fourth-order valence-corrected chi connectivity index (χ4v) is 5.41. The summed E-state index contributed by atoms with van der Waals surface area (Å²) in [6.07, 6.45) is 0. The van der Waals surface area contributed by atoms with Gasteiger partial charge in [-0.2, -0.15) is 0 Å². The molecule has 176 valence electrons. The Labute approximate surface area is 219 Å². The second-order valence-electron chi connectivity index (χ2n) is 9.12. The number of hydrogen-bond donors (Lipinski definition) is 0. The van der Waals surface area contributed by atoms with Crippen LogP contribution in [0.5, 0.6) is 0 Å². The number of hydrogen-bond acceptors (Lipinski definition) is 2. The Balaban J connectivity index is 1.59. The highest BCUT2D eigenvalue weighted by atomic mass is 35.5. The first-order valence-corrected chi connectivity index (χ1v) is 12.6. The van der Waals surface area contributed by atoms with Crippen LogP contribution in [0.3, 0.4) is 0 Å². The zero-order valence-corrected chi connectivity index (χ0v) is 20.9. The minimum Gasteiger partial charge on any atom is -0.308 e. The van der Waals surface area contributed by atoms with Crippen molar-refractivity contribution in [1.82, 2.24) is 14.5 Å². The van der Waals surface area contributed by atoms with Gasteiger partial charge in [-0.1, -0.05) is 94.9 Å². The Hall–Kier alpha value is -4.54. The van der Waals surface area contributed by atoms with E-state index in [1.807, 2.05) is 48.0 Å². The summed E-state index contributed by atoms with van der Waals surface area (Å²) >= 11 is 6.67. The fourth-order valence-electron chi connectivity index (χ4n) is 5.25. The average molecular weight is 498 g/mol. The molecule has 0 radical (unpaired) electrons. The summed E-state index contributed by atoms with van der Waals surface area (Å²) in [4.78, 5) is 9.59. The molecule has 0 spiro atoms. The van der Waals surface area contributed by atoms with E-state index in [2.05, 4.69) is 88.4 Å². The van der Waals surface area contributed by atoms with Gasteiger partial charge in [-0.15, -0.1) is 0 Å². The molecule has 0 bridgehead atoms. The van der Waals surface area contributed by atoms with Gasteiger partial charge < -0.3 is 4.57 Å². The van der Waals surface area contributed by atoms with Gasteiger partial charge in [0, 0.05) is 16.2 Å². The summed E-state index contributed by atoms with van der Waals surface area (Å²) in [7, 11) is 1.91. The molecule has 5 aromatic carbocycles. The molecule has 7 rings (SSSR count). The zero-order chi connectivity index (χ0) is 24.9. The van der Waals surface area contributed by atoms with Gasteiger partial charge in [0.15, 0.2) is 0 Å². The molecular weight excluding hydrogens is 476 g/mol. The van der Waals surface area contributed by atoms with Crippen molar-refractivity contribution in [2.75, 3.05) is 0 Å². The number of para-hydroxylation sites is 2. The van der Waals surface area contributed by atoms with Crippen LogP contribution in [0.2, 0.25) is 5.28 Å². The normalized spacial score (nSPS) is 11.5. The molecule has 0 atom stereocenters. The molecular formula is C32H22ClN4+. The van der Waals surface area contributed by atoms with Crippen molar-refractivity contribution in [3.8, 4) is 28.5 Å². The van der Waals surface area contributed by atoms with E-state index in [9.17, 15) is 0 Å². The molecule has 0 amide bonds. The third-order valence-electron chi connectivity index (χ3n) is 6.98. The predicted molar refractivity (Wildman–Crippen MR) is 151 cm³/mol. The highest BCUT2D eigenvalue weighted by Crippen LogP contribution is 2.38. The summed E-state index contributed by atoms with van der Waals surface area (Å²) in [5.74, 6) is 1.35. The topological polar surface area (TPSA) is 34.6 Å². The van der Waals surface area contributed by atoms with Crippen LogP contribution in [0.15, 0.2) is 115 Å². The third-order valence-corrected chi connectivity index (χ3v) is 7.32. The van der Waals surface area contributed by atoms with E-state index in [1.165, 1.54) is 27.1 Å². The van der Waals surface area contributed by atoms with E-state index in [0.717, 1.165) is 28.2 Å². The van der Waals surface area contributed by atoms with Crippen LogP contribution in [-0.4, -0.2) is 14.5 Å². The second kappa shape index (κ2) is 8.54. The van der Waals surface area contributed by atoms with Crippen LogP contribution < -0.4 is 4.57 Å². The van der Waals surface area contributed by atoms with E-state index < -0.39 is 0 Å². The largest absolute Gasteiger partial charge is 0.338 e. The zero-order valence-electron chi connectivity index (χ0n) is 20.1. The molecule has 4 nitrogen and oxygen atoms in total. The molecule has 0 N–H and O–H groups in total. The van der Waals surface area contributed by atoms with Crippen molar-refractivity contribution >= 4 is 44.2 Å². The van der Waals surface area contributed by atoms with Gasteiger partial charge in [0.2, 0.25) is 0 Å². The van der Waals surface area contributed by atoms with Crippen LogP contribution in [0.1, 0.15) is 0 Å². The summed E-state index contributed by atoms with van der Waals surface area (Å²) in [5.41, 5.74) is 5.26. The van der Waals surface area contributed by atoms with E-state index in [1.54, 1.807) is 0 Å². The molecule has 0 fully saturated rings. The molecule has 0 unspecified atom stereocenters. The van der Waals surface area contributed by atoms with Crippen molar-refractivity contribution in [2.24, 2.45) is 7.05 Å². The van der Waals surface area contributed by atoms with Gasteiger partial charge in [0.1, 0.15) is 0 Å². The number of fused-ring (bicyclic) bond motifs is 5. The maximum Gasteiger partial charge on any atom is 0.338 e. The van der Waals surface area contributed by atoms with Gasteiger partial charge in [-0.25, -0.2) is 4.57 Å². The first-order valence-electron chi connectivity index (χ1n) is 12.2. The lowest BCUT2D eigenvalue weighted by atomic mass is 10.1. The van der Waals surface area contributed by atoms with Crippen LogP contribution in [0.4, 0.5) is 0 Å². The lowest BCUT2D eigenvalue weighted by Crippen LogP contribution is -2.35. The molecule has 5 heteroatoms. The van der Waals surface area contributed by atoms with Crippen LogP contribution in [0.25, 0.3) is 61.0 Å². The van der Waals surface area contributed by atoms with Gasteiger partial charge >= 0.3 is 11.1 Å². The summed E-state index contributed by atoms with van der Waals surface area (Å²) in [5, 5.41) is 5.23. The summed E-state index contributed by atoms with van der Waals surface area (Å²) < 4.78 is 4.21. The Morgan fingerprint density at radius 2 is 1.35 bits per heavy atom. The van der Waals surface area contributed by atoms with Crippen molar-refractivity contribution in [2.45, 2.75) is 0 Å². The van der Waals surface area contributed by atoms with Crippen LogP contribution >= 0.6 is 11.6 Å². The quantitative estimate of drug-likeness (QED) is 0.236. The third kappa shape index (κ3) is 3.41. The number of aromatic nitrogens is 4. The number of benzene rings is 5. The average Bonchev–Trinajstić information content (AvgIpc) is 3.30. The SMILES string of the molecule is C[n+]1c(Cl)nc(-c2ccccc2)nc1-c1ccccc1-n1c2ccccc2c2ccc3ccccc3c21. The smallest absolute Gasteiger partial charge is 0.308 e. The Kier molecular flexibility index (Phi) is 5.01. The number of rotatable bonds is 3. The number of halogens is 1. The maximum absolute atomic E-state index is 6.67. The molecule has 0 aliphatic rings. The standard InChI is InChI=1S/C32H22ClN4/c1-36-31(34-30(35-32(36)33)22-12-3-2-4-13-22)26-16-8-10-18-28(26)37-27-17-9-7-15-24(27)25-20-19-21-11-5-6-14-23(21)29(25)37/h2-20H,1H3/q+1. The molecule has 37 heavy (non-hydrogen) atoms. The summed E-state index contributed by atoms with van der Waals surface area (Å²) in [6.45, 7) is 0. The van der Waals surface area contributed by atoms with E-state index in [0.29, 0.717) is 11.1 Å². The van der Waals surface area contributed by atoms with E-state index in [4.69, 9.17) is 16.6 Å². The second-order valence-corrected chi connectivity index (χ2v) is 9.46. The van der Waals surface area contributed by atoms with E-state index >= 15 is 0 Å². The lowest BCUT2D eigenvalue weighted by molar-refractivity contribution is -0.663. The van der Waals surface area contributed by atoms with Crippen molar-refractivity contribution in [3.63, 3.8) is 0 Å². The molecule has 0 saturated carbocycles. The van der Waals surface area contributed by atoms with Crippen LogP contribution in [0, 0.1) is 0 Å². The highest BCUT2D eigenvalue weighted by molar-refractivity contribution is 6.27. The molecule has 0 saturated heterocycles. The maximum atomic E-state index is 6.67. The van der Waals surface area contributed by atoms with Crippen molar-refractivity contribution in [3.05, 3.63) is 121 Å². The predicted octanol–water partition coefficient (Wildman–Crippen LogP) is 7.54. The minimum absolute atomic E-state index is 0.381. The first-order chi connectivity index (χ1) is 18.2. The van der Waals surface area contributed by atoms with Gasteiger partial charge in [-0.3, -0.25) is 0 Å². The Morgan fingerprint density at radius 3 is 2.22 bits per heavy atom. The molecule has 7 aromatic rings.